The first-order chi connectivity index (χ1) is 27.7. The van der Waals surface area contributed by atoms with E-state index in [0.717, 1.165) is 75.1 Å². The van der Waals surface area contributed by atoms with Gasteiger partial charge in [0.2, 0.25) is 11.8 Å². The number of β-amino-alcohol motifs (C(OH)–C–C–N with tert-alkyl or cyclic N) is 1. The molecule has 3 atom stereocenters. The first kappa shape index (κ1) is 39.3. The maximum Gasteiger partial charge on any atom is 0.336 e. The third-order valence-corrected chi connectivity index (χ3v) is 13.4. The van der Waals surface area contributed by atoms with Gasteiger partial charge >= 0.3 is 15.8 Å². The van der Waals surface area contributed by atoms with Crippen molar-refractivity contribution in [3.05, 3.63) is 93.3 Å². The van der Waals surface area contributed by atoms with Gasteiger partial charge in [-0.2, -0.15) is 12.7 Å². The average molecular weight is 810 g/mol. The SMILES string of the molecule is COc1ccc2c(c1)CC(C(=O)N1C[C@H](O)C[C@H]1C(=O)Nc1ccc3c(C)cc(=O)oc3c1)Cn1c-2c(C2CCCCC2)c2ccc(C(=O)NS(=O)(=O)N(C)C)cc21. The summed E-state index contributed by atoms with van der Waals surface area (Å²) in [4.78, 5) is 55.9. The molecule has 2 aliphatic heterocycles. The molecule has 8 rings (SSSR count). The van der Waals surface area contributed by atoms with Gasteiger partial charge in [0.15, 0.2) is 0 Å². The zero-order valence-corrected chi connectivity index (χ0v) is 33.7. The van der Waals surface area contributed by atoms with Gasteiger partial charge in [0, 0.05) is 78.8 Å². The van der Waals surface area contributed by atoms with E-state index in [0.29, 0.717) is 29.0 Å². The Morgan fingerprint density at radius 3 is 2.45 bits per heavy atom. The minimum Gasteiger partial charge on any atom is -0.497 e. The van der Waals surface area contributed by atoms with Crippen LogP contribution in [0.15, 0.2) is 69.9 Å². The quantitative estimate of drug-likeness (QED) is 0.180. The van der Waals surface area contributed by atoms with E-state index in [1.807, 2.05) is 24.3 Å². The fourth-order valence-corrected chi connectivity index (χ4v) is 9.59. The van der Waals surface area contributed by atoms with Crippen LogP contribution < -0.4 is 20.4 Å². The Morgan fingerprint density at radius 2 is 1.71 bits per heavy atom. The molecular formula is C43H47N5O9S. The number of nitrogens with zero attached hydrogens (tertiary/aromatic N) is 3. The Kier molecular flexibility index (Phi) is 10.4. The number of rotatable bonds is 8. The standard InChI is InChI=1S/C43H47N5O9S/c1-24-16-38(50)57-37-20-29(11-14-32(24)37)44-42(52)36-21-30(49)23-48(36)43(53)28-17-27-18-31(56-4)12-15-33(27)40-39(25-8-6-5-7-9-25)34-13-10-26(19-35(34)47(40)22-28)41(51)45-58(54,55)46(2)3/h10-16,18-20,25,28,30,36,49H,5-9,17,21-23H2,1-4H3,(H,44,52)(H,45,51)/t28?,30-,36+/m1/s1. The molecule has 4 heterocycles. The lowest BCUT2D eigenvalue weighted by molar-refractivity contribution is -0.140. The van der Waals surface area contributed by atoms with Crippen LogP contribution in [0.2, 0.25) is 0 Å². The number of nitrogens with one attached hydrogen (secondary N) is 2. The topological polar surface area (TPSA) is 180 Å². The number of aromatic nitrogens is 1. The number of methoxy groups -OCH3 is 1. The number of hydrogen-bond acceptors (Lipinski definition) is 9. The number of hydrogen-bond donors (Lipinski definition) is 3. The van der Waals surface area contributed by atoms with Gasteiger partial charge in [0.05, 0.1) is 24.8 Å². The summed E-state index contributed by atoms with van der Waals surface area (Å²) in [6.07, 6.45) is 4.67. The van der Waals surface area contributed by atoms with Crippen molar-refractivity contribution in [3.8, 4) is 17.0 Å². The van der Waals surface area contributed by atoms with Gasteiger partial charge in [-0.3, -0.25) is 14.4 Å². The molecule has 1 saturated heterocycles. The van der Waals surface area contributed by atoms with Gasteiger partial charge in [-0.25, -0.2) is 9.52 Å². The lowest BCUT2D eigenvalue weighted by atomic mass is 9.81. The van der Waals surface area contributed by atoms with Crippen molar-refractivity contribution in [2.75, 3.05) is 33.1 Å². The lowest BCUT2D eigenvalue weighted by Gasteiger charge is -2.28. The average Bonchev–Trinajstić information content (AvgIpc) is 3.69. The van der Waals surface area contributed by atoms with Crippen LogP contribution in [0.4, 0.5) is 5.69 Å². The van der Waals surface area contributed by atoms with Gasteiger partial charge in [-0.1, -0.05) is 25.3 Å². The second kappa shape index (κ2) is 15.3. The molecule has 1 aliphatic carbocycles. The van der Waals surface area contributed by atoms with E-state index in [9.17, 15) is 32.7 Å². The Hall–Kier alpha value is -5.51. The zero-order valence-electron chi connectivity index (χ0n) is 32.9. The van der Waals surface area contributed by atoms with Crippen LogP contribution in [0.1, 0.15) is 71.5 Å². The Balaban J connectivity index is 1.20. The van der Waals surface area contributed by atoms with Crippen LogP contribution in [0.3, 0.4) is 0 Å². The fourth-order valence-electron chi connectivity index (χ4n) is 9.05. The number of ether oxygens (including phenoxy) is 1. The number of likely N-dealkylation sites (tertiary alicyclic amines) is 1. The number of aryl methyl sites for hydroxylation is 1. The smallest absolute Gasteiger partial charge is 0.336 e. The van der Waals surface area contributed by atoms with Crippen molar-refractivity contribution in [2.45, 2.75) is 76.5 Å². The number of anilines is 1. The summed E-state index contributed by atoms with van der Waals surface area (Å²) in [5.74, 6) is -1.43. The van der Waals surface area contributed by atoms with E-state index < -0.39 is 45.7 Å². The molecule has 14 nitrogen and oxygen atoms in total. The molecule has 1 saturated carbocycles. The van der Waals surface area contributed by atoms with Crippen LogP contribution in [0.25, 0.3) is 33.1 Å². The second-order valence-corrected chi connectivity index (χ2v) is 17.8. The van der Waals surface area contributed by atoms with Gasteiger partial charge < -0.3 is 29.0 Å². The molecule has 58 heavy (non-hydrogen) atoms. The van der Waals surface area contributed by atoms with Gasteiger partial charge in [-0.05, 0) is 91.3 Å². The molecule has 0 radical (unpaired) electrons. The number of carbonyl (C=O) groups is 3. The number of benzene rings is 3. The third kappa shape index (κ3) is 7.26. The van der Waals surface area contributed by atoms with Crippen molar-refractivity contribution in [2.24, 2.45) is 5.92 Å². The van der Waals surface area contributed by atoms with Crippen LogP contribution >= 0.6 is 0 Å². The predicted octanol–water partition coefficient (Wildman–Crippen LogP) is 5.09. The monoisotopic (exact) mass is 809 g/mol. The maximum absolute atomic E-state index is 14.9. The van der Waals surface area contributed by atoms with E-state index in [2.05, 4.69) is 14.6 Å². The maximum atomic E-state index is 14.9. The normalized spacial score (nSPS) is 19.8. The van der Waals surface area contributed by atoms with Crippen molar-refractivity contribution < 1.29 is 37.1 Å². The number of amides is 3. The number of fused-ring (bicyclic) bond motifs is 6. The number of aliphatic hydroxyl groups excluding tert-OH is 1. The summed E-state index contributed by atoms with van der Waals surface area (Å²) in [7, 11) is 0.200. The van der Waals surface area contributed by atoms with E-state index in [4.69, 9.17) is 9.15 Å². The highest BCUT2D eigenvalue weighted by Crippen LogP contribution is 2.47. The molecule has 3 N–H and O–H groups in total. The molecule has 1 unspecified atom stereocenters. The largest absolute Gasteiger partial charge is 0.497 e. The van der Waals surface area contributed by atoms with Gasteiger partial charge in [-0.15, -0.1) is 0 Å². The summed E-state index contributed by atoms with van der Waals surface area (Å²) < 4.78 is 41.5. The Morgan fingerprint density at radius 1 is 0.948 bits per heavy atom. The fraction of sp³-hybridized carbons (Fsp3) is 0.395. The van der Waals surface area contributed by atoms with Crippen molar-refractivity contribution in [1.29, 1.82) is 0 Å². The molecule has 3 aromatic carbocycles. The van der Waals surface area contributed by atoms with E-state index in [-0.39, 0.29) is 36.9 Å². The predicted molar refractivity (Wildman–Crippen MR) is 219 cm³/mol. The molecule has 3 amide bonds. The molecule has 3 aliphatic rings. The van der Waals surface area contributed by atoms with E-state index >= 15 is 0 Å². The van der Waals surface area contributed by atoms with Crippen LogP contribution in [-0.2, 0) is 32.8 Å². The Labute approximate surface area is 335 Å². The van der Waals surface area contributed by atoms with E-state index in [1.54, 1.807) is 44.4 Å². The van der Waals surface area contributed by atoms with Crippen molar-refractivity contribution >= 4 is 55.5 Å². The van der Waals surface area contributed by atoms with Gasteiger partial charge in [0.1, 0.15) is 17.4 Å². The molecule has 2 aromatic heterocycles. The number of carbonyl (C=O) groups excluding carboxylic acids is 3. The molecule has 2 fully saturated rings. The van der Waals surface area contributed by atoms with Crippen LogP contribution in [0.5, 0.6) is 5.75 Å². The minimum absolute atomic E-state index is 0.0360. The minimum atomic E-state index is -4.07. The molecular weight excluding hydrogens is 763 g/mol. The van der Waals surface area contributed by atoms with Gasteiger partial charge in [0.25, 0.3) is 5.91 Å². The molecule has 304 valence electrons. The third-order valence-electron chi connectivity index (χ3n) is 12.0. The highest BCUT2D eigenvalue weighted by molar-refractivity contribution is 7.87. The first-order valence-corrected chi connectivity index (χ1v) is 21.1. The highest BCUT2D eigenvalue weighted by atomic mass is 32.2. The van der Waals surface area contributed by atoms with Crippen molar-refractivity contribution in [3.63, 3.8) is 0 Å². The highest BCUT2D eigenvalue weighted by Gasteiger charge is 2.43. The van der Waals surface area contributed by atoms with E-state index in [1.165, 1.54) is 25.1 Å². The summed E-state index contributed by atoms with van der Waals surface area (Å²) in [5, 5.41) is 15.5. The Bertz CT molecular complexity index is 2640. The summed E-state index contributed by atoms with van der Waals surface area (Å²) in [6, 6.07) is 16.5. The molecule has 0 bridgehead atoms. The molecule has 15 heteroatoms. The summed E-state index contributed by atoms with van der Waals surface area (Å²) in [6.45, 7) is 1.95. The number of aliphatic hydroxyl groups is 1. The summed E-state index contributed by atoms with van der Waals surface area (Å²) >= 11 is 0. The van der Waals surface area contributed by atoms with Crippen molar-refractivity contribution in [1.82, 2.24) is 18.5 Å². The lowest BCUT2D eigenvalue weighted by Crippen LogP contribution is -2.46. The summed E-state index contributed by atoms with van der Waals surface area (Å²) in [5.41, 5.74) is 5.68. The van der Waals surface area contributed by atoms with Crippen LogP contribution in [0, 0.1) is 12.8 Å². The van der Waals surface area contributed by atoms with Crippen LogP contribution in [-0.4, -0.2) is 84.9 Å². The molecule has 0 spiro atoms. The second-order valence-electron chi connectivity index (χ2n) is 15.9. The molecule has 5 aromatic rings. The zero-order chi connectivity index (χ0) is 41.0. The first-order valence-electron chi connectivity index (χ1n) is 19.6.